The number of hydrogen-bond acceptors (Lipinski definition) is 4. The fourth-order valence-electron chi connectivity index (χ4n) is 2.70. The summed E-state index contributed by atoms with van der Waals surface area (Å²) in [5.74, 6) is 0.833. The van der Waals surface area contributed by atoms with Gasteiger partial charge in [-0.05, 0) is 44.0 Å². The molecule has 1 fully saturated rings. The Bertz CT molecular complexity index is 663. The zero-order valence-corrected chi connectivity index (χ0v) is 13.0. The molecule has 3 rings (SSSR count). The van der Waals surface area contributed by atoms with Gasteiger partial charge in [0.05, 0.1) is 0 Å². The normalized spacial score (nSPS) is 15.7. The Morgan fingerprint density at radius 1 is 1.30 bits per heavy atom. The van der Waals surface area contributed by atoms with Gasteiger partial charge in [0.1, 0.15) is 5.82 Å². The summed E-state index contributed by atoms with van der Waals surface area (Å²) in [5.41, 5.74) is 0.699. The number of likely N-dealkylation sites (tertiary alicyclic amines) is 1. The van der Waals surface area contributed by atoms with Crippen LogP contribution in [0, 0.1) is 5.82 Å². The van der Waals surface area contributed by atoms with Gasteiger partial charge in [-0.25, -0.2) is 9.18 Å². The highest BCUT2D eigenvalue weighted by Gasteiger charge is 2.27. The molecule has 1 aliphatic heterocycles. The summed E-state index contributed by atoms with van der Waals surface area (Å²) in [6.45, 7) is 3.87. The Morgan fingerprint density at radius 2 is 2.00 bits per heavy atom. The topological polar surface area (TPSA) is 71.3 Å². The second kappa shape index (κ2) is 6.76. The van der Waals surface area contributed by atoms with E-state index in [1.807, 2.05) is 6.92 Å². The summed E-state index contributed by atoms with van der Waals surface area (Å²) in [4.78, 5) is 13.6. The number of rotatable bonds is 3. The first-order valence-electron chi connectivity index (χ1n) is 7.79. The molecule has 122 valence electrons. The number of urea groups is 1. The lowest BCUT2D eigenvalue weighted by Crippen LogP contribution is -2.44. The van der Waals surface area contributed by atoms with Crippen molar-refractivity contribution in [3.05, 3.63) is 36.0 Å². The summed E-state index contributed by atoms with van der Waals surface area (Å²) in [5, 5.41) is 11.0. The third-order valence-corrected chi connectivity index (χ3v) is 3.99. The average Bonchev–Trinajstić information content (AvgIpc) is 3.06. The molecular weight excluding hydrogens is 299 g/mol. The fourth-order valence-corrected chi connectivity index (χ4v) is 2.70. The fraction of sp³-hybridized carbons (Fsp3) is 0.438. The van der Waals surface area contributed by atoms with Crippen molar-refractivity contribution in [3.8, 4) is 11.5 Å². The summed E-state index contributed by atoms with van der Waals surface area (Å²) >= 11 is 0. The average molecular weight is 318 g/mol. The lowest BCUT2D eigenvalue weighted by molar-refractivity contribution is 0.178. The molecule has 0 bridgehead atoms. The zero-order chi connectivity index (χ0) is 16.2. The molecule has 0 aliphatic carbocycles. The number of carbonyl (C=O) groups is 1. The first-order valence-corrected chi connectivity index (χ1v) is 7.79. The van der Waals surface area contributed by atoms with Crippen LogP contribution in [-0.2, 0) is 0 Å². The first-order chi connectivity index (χ1) is 11.2. The van der Waals surface area contributed by atoms with E-state index in [9.17, 15) is 9.18 Å². The van der Waals surface area contributed by atoms with E-state index in [1.54, 1.807) is 17.0 Å². The van der Waals surface area contributed by atoms with Crippen molar-refractivity contribution in [2.45, 2.75) is 25.7 Å². The minimum Gasteiger partial charge on any atom is -0.420 e. The second-order valence-corrected chi connectivity index (χ2v) is 5.55. The van der Waals surface area contributed by atoms with Gasteiger partial charge in [0.2, 0.25) is 11.8 Å². The zero-order valence-electron chi connectivity index (χ0n) is 13.0. The smallest absolute Gasteiger partial charge is 0.317 e. The van der Waals surface area contributed by atoms with Crippen LogP contribution in [0.4, 0.5) is 9.18 Å². The second-order valence-electron chi connectivity index (χ2n) is 5.55. The molecule has 1 N–H and O–H groups in total. The van der Waals surface area contributed by atoms with Gasteiger partial charge in [-0.2, -0.15) is 0 Å². The lowest BCUT2D eigenvalue weighted by atomic mass is 9.97. The SMILES string of the molecule is CCNC(=O)N1CCC(c2nnc(-c3ccc(F)cc3)o2)CC1. The standard InChI is InChI=1S/C16H19FN4O2/c1-2-18-16(22)21-9-7-12(8-10-21)15-20-19-14(23-15)11-3-5-13(17)6-4-11/h3-6,12H,2,7-10H2,1H3,(H,18,22). The van der Waals surface area contributed by atoms with Gasteiger partial charge >= 0.3 is 6.03 Å². The molecule has 23 heavy (non-hydrogen) atoms. The van der Waals surface area contributed by atoms with Crippen LogP contribution < -0.4 is 5.32 Å². The highest BCUT2D eigenvalue weighted by atomic mass is 19.1. The molecule has 0 spiro atoms. The Morgan fingerprint density at radius 3 is 2.65 bits per heavy atom. The Balaban J connectivity index is 1.63. The Labute approximate surface area is 133 Å². The molecule has 1 saturated heterocycles. The highest BCUT2D eigenvalue weighted by Crippen LogP contribution is 2.29. The molecule has 1 aromatic carbocycles. The number of nitrogens with one attached hydrogen (secondary N) is 1. The number of hydrogen-bond donors (Lipinski definition) is 1. The molecule has 6 nitrogen and oxygen atoms in total. The molecule has 2 amide bonds. The van der Waals surface area contributed by atoms with E-state index in [2.05, 4.69) is 15.5 Å². The molecule has 2 aromatic rings. The molecule has 1 aliphatic rings. The third-order valence-electron chi connectivity index (χ3n) is 3.99. The van der Waals surface area contributed by atoms with Crippen molar-refractivity contribution in [1.82, 2.24) is 20.4 Å². The molecule has 1 aromatic heterocycles. The third kappa shape index (κ3) is 3.49. The van der Waals surface area contributed by atoms with Crippen LogP contribution in [0.15, 0.2) is 28.7 Å². The highest BCUT2D eigenvalue weighted by molar-refractivity contribution is 5.74. The summed E-state index contributed by atoms with van der Waals surface area (Å²) in [6, 6.07) is 5.94. The maximum atomic E-state index is 13.0. The summed E-state index contributed by atoms with van der Waals surface area (Å²) < 4.78 is 18.7. The molecular formula is C16H19FN4O2. The number of benzene rings is 1. The van der Waals surface area contributed by atoms with E-state index in [0.29, 0.717) is 37.0 Å². The van der Waals surface area contributed by atoms with Crippen molar-refractivity contribution in [1.29, 1.82) is 0 Å². The molecule has 2 heterocycles. The van der Waals surface area contributed by atoms with E-state index in [0.717, 1.165) is 12.8 Å². The number of halogens is 1. The van der Waals surface area contributed by atoms with Crippen molar-refractivity contribution in [3.63, 3.8) is 0 Å². The van der Waals surface area contributed by atoms with Crippen LogP contribution in [-0.4, -0.2) is 40.8 Å². The van der Waals surface area contributed by atoms with Crippen LogP contribution in [0.5, 0.6) is 0 Å². The minimum absolute atomic E-state index is 0.0246. The van der Waals surface area contributed by atoms with Crippen LogP contribution in [0.1, 0.15) is 31.6 Å². The molecule has 0 unspecified atom stereocenters. The van der Waals surface area contributed by atoms with E-state index in [4.69, 9.17) is 4.42 Å². The van der Waals surface area contributed by atoms with Crippen LogP contribution in [0.25, 0.3) is 11.5 Å². The largest absolute Gasteiger partial charge is 0.420 e. The van der Waals surface area contributed by atoms with E-state index in [-0.39, 0.29) is 17.8 Å². The van der Waals surface area contributed by atoms with Gasteiger partial charge < -0.3 is 14.6 Å². The van der Waals surface area contributed by atoms with Gasteiger partial charge in [-0.1, -0.05) is 0 Å². The quantitative estimate of drug-likeness (QED) is 0.944. The number of carbonyl (C=O) groups excluding carboxylic acids is 1. The van der Waals surface area contributed by atoms with Crippen LogP contribution in [0.3, 0.4) is 0 Å². The van der Waals surface area contributed by atoms with Crippen molar-refractivity contribution >= 4 is 6.03 Å². The van der Waals surface area contributed by atoms with Gasteiger partial charge in [0.25, 0.3) is 0 Å². The number of piperidine rings is 1. The van der Waals surface area contributed by atoms with Crippen molar-refractivity contribution in [2.75, 3.05) is 19.6 Å². The molecule has 0 saturated carbocycles. The Hall–Kier alpha value is -2.44. The Kier molecular flexibility index (Phi) is 4.55. The number of nitrogens with zero attached hydrogens (tertiary/aromatic N) is 3. The minimum atomic E-state index is -0.300. The van der Waals surface area contributed by atoms with Gasteiger partial charge in [0.15, 0.2) is 0 Å². The predicted octanol–water partition coefficient (Wildman–Crippen LogP) is 2.78. The first kappa shape index (κ1) is 15.5. The predicted molar refractivity (Wildman–Crippen MR) is 82.3 cm³/mol. The number of aromatic nitrogens is 2. The van der Waals surface area contributed by atoms with Crippen LogP contribution in [0.2, 0.25) is 0 Å². The van der Waals surface area contributed by atoms with E-state index < -0.39 is 0 Å². The lowest BCUT2D eigenvalue weighted by Gasteiger charge is -2.30. The van der Waals surface area contributed by atoms with Gasteiger partial charge in [-0.3, -0.25) is 0 Å². The van der Waals surface area contributed by atoms with Gasteiger partial charge in [0, 0.05) is 31.1 Å². The monoisotopic (exact) mass is 318 g/mol. The van der Waals surface area contributed by atoms with Crippen molar-refractivity contribution in [2.24, 2.45) is 0 Å². The van der Waals surface area contributed by atoms with E-state index >= 15 is 0 Å². The van der Waals surface area contributed by atoms with Crippen LogP contribution >= 0.6 is 0 Å². The van der Waals surface area contributed by atoms with Crippen molar-refractivity contribution < 1.29 is 13.6 Å². The van der Waals surface area contributed by atoms with Gasteiger partial charge in [-0.15, -0.1) is 10.2 Å². The maximum absolute atomic E-state index is 13.0. The summed E-state index contributed by atoms with van der Waals surface area (Å²) in [6.07, 6.45) is 1.59. The molecule has 0 atom stereocenters. The molecule has 7 heteroatoms. The van der Waals surface area contributed by atoms with E-state index in [1.165, 1.54) is 12.1 Å². The summed E-state index contributed by atoms with van der Waals surface area (Å²) in [7, 11) is 0. The molecule has 0 radical (unpaired) electrons. The maximum Gasteiger partial charge on any atom is 0.317 e. The number of amides is 2.